The van der Waals surface area contributed by atoms with Crippen molar-refractivity contribution < 1.29 is 14.7 Å². The third-order valence-corrected chi connectivity index (χ3v) is 4.90. The molecule has 0 aromatic heterocycles. The molecule has 1 aromatic carbocycles. The van der Waals surface area contributed by atoms with Crippen molar-refractivity contribution >= 4 is 17.5 Å². The summed E-state index contributed by atoms with van der Waals surface area (Å²) in [7, 11) is 2.03. The Bertz CT molecular complexity index is 619. The quantitative estimate of drug-likeness (QED) is 0.872. The molecule has 1 aromatic rings. The van der Waals surface area contributed by atoms with E-state index in [-0.39, 0.29) is 18.4 Å². The molecule has 1 saturated heterocycles. The average Bonchev–Trinajstić information content (AvgIpc) is 2.85. The van der Waals surface area contributed by atoms with Gasteiger partial charge in [0.05, 0.1) is 6.54 Å². The van der Waals surface area contributed by atoms with E-state index in [1.807, 2.05) is 30.1 Å². The van der Waals surface area contributed by atoms with Gasteiger partial charge < -0.3 is 19.8 Å². The van der Waals surface area contributed by atoms with Gasteiger partial charge in [-0.3, -0.25) is 9.59 Å². The lowest BCUT2D eigenvalue weighted by atomic mass is 10.1. The number of likely N-dealkylation sites (N-methyl/N-ethyl adjacent to an activating group) is 1. The van der Waals surface area contributed by atoms with E-state index in [4.69, 9.17) is 0 Å². The largest absolute Gasteiger partial charge is 0.383 e. The van der Waals surface area contributed by atoms with Crippen LogP contribution in [0.4, 0.5) is 5.69 Å². The monoisotopic (exact) mass is 331 g/mol. The first-order valence-electron chi connectivity index (χ1n) is 8.60. The molecule has 6 heteroatoms. The highest BCUT2D eigenvalue weighted by atomic mass is 16.3. The molecule has 2 aliphatic heterocycles. The minimum atomic E-state index is -0.962. The van der Waals surface area contributed by atoms with Crippen molar-refractivity contribution in [1.29, 1.82) is 0 Å². The standard InChI is InChI=1S/C18H25N3O3/c1-19-10-11-20(12-14-6-2-3-7-15(14)19)17(23)13-21-9-5-4-8-16(22)18(21)24/h2-3,6-7,16,22H,4-5,8-13H2,1H3. The minimum Gasteiger partial charge on any atom is -0.383 e. The second-order valence-electron chi connectivity index (χ2n) is 6.64. The number of anilines is 1. The molecule has 1 atom stereocenters. The number of benzene rings is 1. The van der Waals surface area contributed by atoms with Crippen LogP contribution in [0, 0.1) is 0 Å². The minimum absolute atomic E-state index is 0.0532. The fraction of sp³-hybridized carbons (Fsp3) is 0.556. The average molecular weight is 331 g/mol. The number of hydrogen-bond acceptors (Lipinski definition) is 4. The summed E-state index contributed by atoms with van der Waals surface area (Å²) in [6.07, 6.45) is 1.18. The Kier molecular flexibility index (Phi) is 5.04. The number of fused-ring (bicyclic) bond motifs is 1. The molecule has 1 unspecified atom stereocenters. The lowest BCUT2D eigenvalue weighted by molar-refractivity contribution is -0.145. The summed E-state index contributed by atoms with van der Waals surface area (Å²) in [5, 5.41) is 9.84. The Morgan fingerprint density at radius 3 is 2.83 bits per heavy atom. The zero-order valence-electron chi connectivity index (χ0n) is 14.1. The van der Waals surface area contributed by atoms with Gasteiger partial charge in [0.1, 0.15) is 6.10 Å². The first-order chi connectivity index (χ1) is 11.6. The zero-order valence-corrected chi connectivity index (χ0v) is 14.1. The second kappa shape index (κ2) is 7.21. The first-order valence-corrected chi connectivity index (χ1v) is 8.60. The molecule has 1 fully saturated rings. The van der Waals surface area contributed by atoms with E-state index < -0.39 is 6.10 Å². The molecule has 24 heavy (non-hydrogen) atoms. The molecule has 0 spiro atoms. The van der Waals surface area contributed by atoms with E-state index in [1.165, 1.54) is 4.90 Å². The number of aliphatic hydroxyl groups excluding tert-OH is 1. The number of amides is 2. The molecule has 0 aliphatic carbocycles. The van der Waals surface area contributed by atoms with Gasteiger partial charge >= 0.3 is 0 Å². The molecule has 130 valence electrons. The number of rotatable bonds is 2. The molecular weight excluding hydrogens is 306 g/mol. The van der Waals surface area contributed by atoms with Crippen LogP contribution in [-0.2, 0) is 16.1 Å². The molecule has 3 rings (SSSR count). The molecular formula is C18H25N3O3. The molecule has 2 heterocycles. The van der Waals surface area contributed by atoms with E-state index in [0.717, 1.165) is 30.6 Å². The van der Waals surface area contributed by atoms with E-state index in [9.17, 15) is 14.7 Å². The third-order valence-electron chi connectivity index (χ3n) is 4.90. The SMILES string of the molecule is CN1CCN(C(=O)CN2CCCCC(O)C2=O)Cc2ccccc21. The number of carbonyl (C=O) groups excluding carboxylic acids is 2. The predicted octanol–water partition coefficient (Wildman–Crippen LogP) is 0.838. The fourth-order valence-electron chi connectivity index (χ4n) is 3.41. The highest BCUT2D eigenvalue weighted by molar-refractivity contribution is 5.87. The van der Waals surface area contributed by atoms with Crippen molar-refractivity contribution in [3.63, 3.8) is 0 Å². The van der Waals surface area contributed by atoms with Gasteiger partial charge in [0.2, 0.25) is 5.91 Å². The molecule has 2 amide bonds. The maximum absolute atomic E-state index is 12.7. The maximum Gasteiger partial charge on any atom is 0.251 e. The van der Waals surface area contributed by atoms with Gasteiger partial charge in [0, 0.05) is 38.9 Å². The summed E-state index contributed by atoms with van der Waals surface area (Å²) in [6.45, 7) is 2.56. The van der Waals surface area contributed by atoms with Gasteiger partial charge in [-0.25, -0.2) is 0 Å². The Hall–Kier alpha value is -2.08. The Morgan fingerprint density at radius 2 is 2.00 bits per heavy atom. The lowest BCUT2D eigenvalue weighted by Gasteiger charge is -2.26. The smallest absolute Gasteiger partial charge is 0.251 e. The van der Waals surface area contributed by atoms with Gasteiger partial charge in [-0.2, -0.15) is 0 Å². The van der Waals surface area contributed by atoms with Gasteiger partial charge in [-0.1, -0.05) is 18.2 Å². The molecule has 0 saturated carbocycles. The number of carbonyl (C=O) groups is 2. The Labute approximate surface area is 142 Å². The fourth-order valence-corrected chi connectivity index (χ4v) is 3.41. The molecule has 2 aliphatic rings. The highest BCUT2D eigenvalue weighted by Gasteiger charge is 2.29. The van der Waals surface area contributed by atoms with Gasteiger partial charge in [0.25, 0.3) is 5.91 Å². The summed E-state index contributed by atoms with van der Waals surface area (Å²) in [4.78, 5) is 30.4. The molecule has 6 nitrogen and oxygen atoms in total. The normalized spacial score (nSPS) is 22.0. The Morgan fingerprint density at radius 1 is 1.21 bits per heavy atom. The summed E-state index contributed by atoms with van der Waals surface area (Å²) < 4.78 is 0. The zero-order chi connectivity index (χ0) is 17.1. The summed E-state index contributed by atoms with van der Waals surface area (Å²) >= 11 is 0. The van der Waals surface area contributed by atoms with Gasteiger partial charge in [-0.15, -0.1) is 0 Å². The highest BCUT2D eigenvalue weighted by Crippen LogP contribution is 2.23. The van der Waals surface area contributed by atoms with Crippen LogP contribution in [0.15, 0.2) is 24.3 Å². The van der Waals surface area contributed by atoms with Crippen LogP contribution >= 0.6 is 0 Å². The van der Waals surface area contributed by atoms with Crippen molar-refractivity contribution in [2.45, 2.75) is 31.9 Å². The predicted molar refractivity (Wildman–Crippen MR) is 91.6 cm³/mol. The van der Waals surface area contributed by atoms with E-state index in [1.54, 1.807) is 0 Å². The van der Waals surface area contributed by atoms with Crippen molar-refractivity contribution in [1.82, 2.24) is 9.80 Å². The van der Waals surface area contributed by atoms with E-state index in [2.05, 4.69) is 11.0 Å². The van der Waals surface area contributed by atoms with Crippen LogP contribution < -0.4 is 4.90 Å². The summed E-state index contributed by atoms with van der Waals surface area (Å²) in [6, 6.07) is 8.09. The molecule has 0 bridgehead atoms. The second-order valence-corrected chi connectivity index (χ2v) is 6.64. The number of para-hydroxylation sites is 1. The topological polar surface area (TPSA) is 64.1 Å². The maximum atomic E-state index is 12.7. The van der Waals surface area contributed by atoms with Crippen molar-refractivity contribution in [2.75, 3.05) is 38.1 Å². The van der Waals surface area contributed by atoms with Gasteiger partial charge in [0.15, 0.2) is 0 Å². The first kappa shape index (κ1) is 16.8. The van der Waals surface area contributed by atoms with Crippen LogP contribution in [0.2, 0.25) is 0 Å². The summed E-state index contributed by atoms with van der Waals surface area (Å²) in [5.41, 5.74) is 2.27. The van der Waals surface area contributed by atoms with Crippen molar-refractivity contribution in [3.8, 4) is 0 Å². The van der Waals surface area contributed by atoms with Crippen LogP contribution in [-0.4, -0.2) is 66.1 Å². The number of likely N-dealkylation sites (tertiary alicyclic amines) is 1. The molecule has 1 N–H and O–H groups in total. The van der Waals surface area contributed by atoms with Crippen LogP contribution in [0.3, 0.4) is 0 Å². The van der Waals surface area contributed by atoms with Crippen molar-refractivity contribution in [2.24, 2.45) is 0 Å². The summed E-state index contributed by atoms with van der Waals surface area (Å²) in [5.74, 6) is -0.365. The van der Waals surface area contributed by atoms with Crippen LogP contribution in [0.5, 0.6) is 0 Å². The number of aliphatic hydroxyl groups is 1. The number of nitrogens with zero attached hydrogens (tertiary/aromatic N) is 3. The third kappa shape index (κ3) is 3.53. The van der Waals surface area contributed by atoms with Gasteiger partial charge in [-0.05, 0) is 30.9 Å². The van der Waals surface area contributed by atoms with Crippen LogP contribution in [0.1, 0.15) is 24.8 Å². The van der Waals surface area contributed by atoms with E-state index in [0.29, 0.717) is 26.1 Å². The Balaban J connectivity index is 1.70. The lowest BCUT2D eigenvalue weighted by Crippen LogP contribution is -2.46. The molecule has 0 radical (unpaired) electrons. The number of hydrogen-bond donors (Lipinski definition) is 1. The van der Waals surface area contributed by atoms with Crippen molar-refractivity contribution in [3.05, 3.63) is 29.8 Å². The van der Waals surface area contributed by atoms with Crippen LogP contribution in [0.25, 0.3) is 0 Å². The van der Waals surface area contributed by atoms with E-state index >= 15 is 0 Å².